The third kappa shape index (κ3) is 6.00. The van der Waals surface area contributed by atoms with Crippen LogP contribution in [0.25, 0.3) is 0 Å². The molecule has 0 spiro atoms. The number of hydrogen-bond donors (Lipinski definition) is 1. The lowest BCUT2D eigenvalue weighted by Gasteiger charge is -2.36. The molecule has 0 radical (unpaired) electrons. The third-order valence-electron chi connectivity index (χ3n) is 4.21. The number of guanidine groups is 1. The Balaban J connectivity index is 0.00000220. The summed E-state index contributed by atoms with van der Waals surface area (Å²) in [6.45, 7) is 7.92. The van der Waals surface area contributed by atoms with E-state index in [2.05, 4.69) is 46.9 Å². The number of nitrogens with one attached hydrogen (secondary N) is 1. The molecule has 0 aromatic rings. The van der Waals surface area contributed by atoms with Crippen LogP contribution < -0.4 is 5.32 Å². The van der Waals surface area contributed by atoms with Gasteiger partial charge in [-0.3, -0.25) is 4.99 Å². The van der Waals surface area contributed by atoms with E-state index in [9.17, 15) is 0 Å². The molecule has 0 bridgehead atoms. The monoisotopic (exact) mass is 423 g/mol. The Morgan fingerprint density at radius 2 is 2.33 bits per heavy atom. The summed E-state index contributed by atoms with van der Waals surface area (Å²) >= 11 is 2.11. The van der Waals surface area contributed by atoms with Crippen molar-refractivity contribution in [2.45, 2.75) is 44.8 Å². The van der Waals surface area contributed by atoms with Crippen LogP contribution in [0.1, 0.15) is 39.5 Å². The molecular formula is C16H30IN3S. The van der Waals surface area contributed by atoms with Crippen LogP contribution in [0.3, 0.4) is 0 Å². The fraction of sp³-hybridized carbons (Fsp3) is 0.812. The van der Waals surface area contributed by atoms with Crippen molar-refractivity contribution in [3.8, 4) is 0 Å². The van der Waals surface area contributed by atoms with E-state index in [4.69, 9.17) is 0 Å². The van der Waals surface area contributed by atoms with Crippen molar-refractivity contribution in [1.29, 1.82) is 0 Å². The average Bonchev–Trinajstić information content (AvgIpc) is 2.97. The van der Waals surface area contributed by atoms with Gasteiger partial charge in [0.1, 0.15) is 0 Å². The first-order chi connectivity index (χ1) is 9.70. The number of halogens is 1. The SMILES string of the molecule is CN=C(NCCC1=CCCC1)N1CCSC(C(C)C)C1.I. The van der Waals surface area contributed by atoms with Gasteiger partial charge >= 0.3 is 0 Å². The predicted molar refractivity (Wildman–Crippen MR) is 106 cm³/mol. The first-order valence-corrected chi connectivity index (χ1v) is 9.00. The number of hydrogen-bond acceptors (Lipinski definition) is 2. The molecule has 1 unspecified atom stereocenters. The Morgan fingerprint density at radius 3 is 2.95 bits per heavy atom. The lowest BCUT2D eigenvalue weighted by molar-refractivity contribution is 0.381. The van der Waals surface area contributed by atoms with Gasteiger partial charge in [0.2, 0.25) is 0 Å². The molecule has 2 aliphatic rings. The van der Waals surface area contributed by atoms with E-state index in [1.165, 1.54) is 31.4 Å². The fourth-order valence-corrected chi connectivity index (χ4v) is 4.20. The second-order valence-corrected chi connectivity index (χ2v) is 7.42. The zero-order valence-electron chi connectivity index (χ0n) is 13.6. The lowest BCUT2D eigenvalue weighted by atomic mass is 10.1. The molecule has 0 aromatic heterocycles. The average molecular weight is 423 g/mol. The third-order valence-corrected chi connectivity index (χ3v) is 5.75. The van der Waals surface area contributed by atoms with Crippen LogP contribution >= 0.6 is 35.7 Å². The van der Waals surface area contributed by atoms with E-state index in [0.29, 0.717) is 0 Å². The normalized spacial score (nSPS) is 23.0. The summed E-state index contributed by atoms with van der Waals surface area (Å²) in [7, 11) is 1.91. The highest BCUT2D eigenvalue weighted by Gasteiger charge is 2.24. The number of allylic oxidation sites excluding steroid dienone is 1. The van der Waals surface area contributed by atoms with Crippen LogP contribution in [0.5, 0.6) is 0 Å². The van der Waals surface area contributed by atoms with Gasteiger partial charge in [0, 0.05) is 37.7 Å². The first-order valence-electron chi connectivity index (χ1n) is 7.96. The van der Waals surface area contributed by atoms with Gasteiger partial charge < -0.3 is 10.2 Å². The van der Waals surface area contributed by atoms with E-state index >= 15 is 0 Å². The van der Waals surface area contributed by atoms with Crippen molar-refractivity contribution >= 4 is 41.7 Å². The number of nitrogens with zero attached hydrogens (tertiary/aromatic N) is 2. The second-order valence-electron chi connectivity index (χ2n) is 6.08. The maximum absolute atomic E-state index is 4.47. The Hall–Kier alpha value is 0.0900. The summed E-state index contributed by atoms with van der Waals surface area (Å²) in [5, 5.41) is 4.29. The molecule has 3 nitrogen and oxygen atoms in total. The van der Waals surface area contributed by atoms with Gasteiger partial charge in [-0.1, -0.05) is 25.5 Å². The minimum atomic E-state index is 0. The molecule has 1 saturated heterocycles. The van der Waals surface area contributed by atoms with Gasteiger partial charge in [-0.25, -0.2) is 0 Å². The summed E-state index contributed by atoms with van der Waals surface area (Å²) < 4.78 is 0. The van der Waals surface area contributed by atoms with Gasteiger partial charge in [-0.15, -0.1) is 24.0 Å². The van der Waals surface area contributed by atoms with E-state index in [-0.39, 0.29) is 24.0 Å². The van der Waals surface area contributed by atoms with Crippen molar-refractivity contribution in [3.05, 3.63) is 11.6 Å². The van der Waals surface area contributed by atoms with E-state index in [1.54, 1.807) is 5.57 Å². The van der Waals surface area contributed by atoms with Crippen molar-refractivity contribution in [3.63, 3.8) is 0 Å². The van der Waals surface area contributed by atoms with Crippen LogP contribution in [0.2, 0.25) is 0 Å². The lowest BCUT2D eigenvalue weighted by Crippen LogP contribution is -2.49. The molecule has 1 aliphatic heterocycles. The Kier molecular flexibility index (Phi) is 9.09. The molecule has 2 rings (SSSR count). The smallest absolute Gasteiger partial charge is 0.193 e. The Labute approximate surface area is 151 Å². The van der Waals surface area contributed by atoms with E-state index in [1.807, 2.05) is 7.05 Å². The number of aliphatic imine (C=N–C) groups is 1. The quantitative estimate of drug-likeness (QED) is 0.323. The molecule has 1 heterocycles. The fourth-order valence-electron chi connectivity index (χ4n) is 2.90. The highest BCUT2D eigenvalue weighted by molar-refractivity contribution is 14.0. The zero-order chi connectivity index (χ0) is 14.4. The van der Waals surface area contributed by atoms with Crippen molar-refractivity contribution in [1.82, 2.24) is 10.2 Å². The summed E-state index contributed by atoms with van der Waals surface area (Å²) in [6.07, 6.45) is 7.52. The molecule has 0 saturated carbocycles. The van der Waals surface area contributed by atoms with E-state index in [0.717, 1.165) is 36.8 Å². The zero-order valence-corrected chi connectivity index (χ0v) is 16.7. The van der Waals surface area contributed by atoms with Gasteiger partial charge in [0.05, 0.1) is 0 Å². The molecule has 1 fully saturated rings. The summed E-state index contributed by atoms with van der Waals surface area (Å²) in [5.41, 5.74) is 1.63. The standard InChI is InChI=1S/C16H29N3S.HI/c1-13(2)15-12-19(10-11-20-15)16(17-3)18-9-8-14-6-4-5-7-14;/h6,13,15H,4-5,7-12H2,1-3H3,(H,17,18);1H. The van der Waals surface area contributed by atoms with Gasteiger partial charge in [-0.2, -0.15) is 11.8 Å². The molecule has 5 heteroatoms. The molecule has 1 aliphatic carbocycles. The molecular weight excluding hydrogens is 393 g/mol. The largest absolute Gasteiger partial charge is 0.356 e. The van der Waals surface area contributed by atoms with Gasteiger partial charge in [0.25, 0.3) is 0 Å². The highest BCUT2D eigenvalue weighted by Crippen LogP contribution is 2.25. The van der Waals surface area contributed by atoms with Crippen molar-refractivity contribution in [2.75, 3.05) is 32.4 Å². The maximum atomic E-state index is 4.47. The summed E-state index contributed by atoms with van der Waals surface area (Å²) in [5.74, 6) is 3.05. The molecule has 0 aromatic carbocycles. The van der Waals surface area contributed by atoms with Crippen molar-refractivity contribution < 1.29 is 0 Å². The van der Waals surface area contributed by atoms with Crippen LogP contribution in [-0.2, 0) is 0 Å². The molecule has 1 atom stereocenters. The van der Waals surface area contributed by atoms with Gasteiger partial charge in [0.15, 0.2) is 5.96 Å². The van der Waals surface area contributed by atoms with Crippen LogP contribution in [0.15, 0.2) is 16.6 Å². The Morgan fingerprint density at radius 1 is 1.52 bits per heavy atom. The summed E-state index contributed by atoms with van der Waals surface area (Å²) in [6, 6.07) is 0. The molecule has 0 amide bonds. The Bertz CT molecular complexity index is 369. The highest BCUT2D eigenvalue weighted by atomic mass is 127. The van der Waals surface area contributed by atoms with E-state index < -0.39 is 0 Å². The summed E-state index contributed by atoms with van der Waals surface area (Å²) in [4.78, 5) is 6.91. The molecule has 122 valence electrons. The maximum Gasteiger partial charge on any atom is 0.193 e. The van der Waals surface area contributed by atoms with Gasteiger partial charge in [-0.05, 0) is 31.6 Å². The first kappa shape index (κ1) is 19.1. The van der Waals surface area contributed by atoms with Crippen LogP contribution in [-0.4, -0.2) is 48.5 Å². The predicted octanol–water partition coefficient (Wildman–Crippen LogP) is 3.75. The minimum absolute atomic E-state index is 0. The van der Waals surface area contributed by atoms with Crippen LogP contribution in [0.4, 0.5) is 0 Å². The topological polar surface area (TPSA) is 27.6 Å². The van der Waals surface area contributed by atoms with Crippen molar-refractivity contribution in [2.24, 2.45) is 10.9 Å². The number of rotatable bonds is 4. The molecule has 1 N–H and O–H groups in total. The second kappa shape index (κ2) is 9.98. The number of thioether (sulfide) groups is 1. The molecule has 21 heavy (non-hydrogen) atoms. The van der Waals surface area contributed by atoms with Crippen LogP contribution in [0, 0.1) is 5.92 Å². The minimum Gasteiger partial charge on any atom is -0.356 e.